The summed E-state index contributed by atoms with van der Waals surface area (Å²) in [6.45, 7) is 10.3. The van der Waals surface area contributed by atoms with Crippen molar-refractivity contribution in [2.45, 2.75) is 70.1 Å². The van der Waals surface area contributed by atoms with Crippen molar-refractivity contribution in [1.82, 2.24) is 0 Å². The summed E-state index contributed by atoms with van der Waals surface area (Å²) in [5, 5.41) is 20.7. The molecule has 6 nitrogen and oxygen atoms in total. The maximum Gasteiger partial charge on any atom is 0.334 e. The van der Waals surface area contributed by atoms with Crippen molar-refractivity contribution < 1.29 is 29.2 Å². The number of ether oxygens (including phenoxy) is 3. The van der Waals surface area contributed by atoms with Crippen LogP contribution < -0.4 is 0 Å². The first-order chi connectivity index (χ1) is 12.2. The molecule has 0 aliphatic carbocycles. The number of fused-ring (bicyclic) bond motifs is 3. The standard InChI is InChI=1S/C20H30O6/c1-5-12(2)11-24-16-9-19(4)6-7-20(23,26-19)14(10-21)8-15-17(16)13(3)18(22)25-15/h8,12,15-17,21,23H,3,5-7,9-11H2,1-2,4H3. The Morgan fingerprint density at radius 1 is 1.46 bits per heavy atom. The fourth-order valence-corrected chi connectivity index (χ4v) is 4.12. The van der Waals surface area contributed by atoms with E-state index in [1.165, 1.54) is 0 Å². The average Bonchev–Trinajstić information content (AvgIpc) is 3.06. The molecule has 0 spiro atoms. The van der Waals surface area contributed by atoms with Crippen LogP contribution in [0.1, 0.15) is 46.5 Å². The van der Waals surface area contributed by atoms with Crippen molar-refractivity contribution in [2.75, 3.05) is 13.2 Å². The summed E-state index contributed by atoms with van der Waals surface area (Å²) in [7, 11) is 0. The largest absolute Gasteiger partial charge is 0.454 e. The average molecular weight is 366 g/mol. The second-order valence-electron chi connectivity index (χ2n) is 8.20. The highest BCUT2D eigenvalue weighted by Gasteiger charge is 2.54. The van der Waals surface area contributed by atoms with E-state index >= 15 is 0 Å². The van der Waals surface area contributed by atoms with Gasteiger partial charge >= 0.3 is 5.97 Å². The molecule has 2 saturated heterocycles. The predicted octanol–water partition coefficient (Wildman–Crippen LogP) is 2.10. The van der Waals surface area contributed by atoms with Crippen LogP contribution in [0.4, 0.5) is 0 Å². The maximum absolute atomic E-state index is 12.2. The Morgan fingerprint density at radius 2 is 2.19 bits per heavy atom. The van der Waals surface area contributed by atoms with Gasteiger partial charge in [-0.2, -0.15) is 0 Å². The van der Waals surface area contributed by atoms with Crippen molar-refractivity contribution in [1.29, 1.82) is 0 Å². The number of carbonyl (C=O) groups excluding carboxylic acids is 1. The van der Waals surface area contributed by atoms with Gasteiger partial charge in [0.25, 0.3) is 0 Å². The Labute approximate surface area is 154 Å². The third-order valence-electron chi connectivity index (χ3n) is 6.03. The molecule has 2 fully saturated rings. The number of carbonyl (C=O) groups is 1. The lowest BCUT2D eigenvalue weighted by Gasteiger charge is -2.34. The van der Waals surface area contributed by atoms with Crippen LogP contribution >= 0.6 is 0 Å². The summed E-state index contributed by atoms with van der Waals surface area (Å²) >= 11 is 0. The highest BCUT2D eigenvalue weighted by Crippen LogP contribution is 2.47. The molecule has 146 valence electrons. The van der Waals surface area contributed by atoms with E-state index in [0.717, 1.165) is 6.42 Å². The molecule has 3 rings (SSSR count). The quantitative estimate of drug-likeness (QED) is 0.440. The van der Waals surface area contributed by atoms with E-state index in [2.05, 4.69) is 20.4 Å². The summed E-state index contributed by atoms with van der Waals surface area (Å²) in [5.74, 6) is -1.94. The highest BCUT2D eigenvalue weighted by atomic mass is 16.6. The highest BCUT2D eigenvalue weighted by molar-refractivity contribution is 5.91. The molecule has 0 radical (unpaired) electrons. The van der Waals surface area contributed by atoms with Crippen LogP contribution in [0.15, 0.2) is 23.8 Å². The minimum absolute atomic E-state index is 0.311. The maximum atomic E-state index is 12.2. The fourth-order valence-electron chi connectivity index (χ4n) is 4.12. The van der Waals surface area contributed by atoms with Gasteiger partial charge in [-0.15, -0.1) is 0 Å². The van der Waals surface area contributed by atoms with Crippen molar-refractivity contribution >= 4 is 5.97 Å². The summed E-state index contributed by atoms with van der Waals surface area (Å²) < 4.78 is 17.7. The van der Waals surface area contributed by atoms with E-state index in [0.29, 0.717) is 42.9 Å². The first-order valence-corrected chi connectivity index (χ1v) is 9.47. The first-order valence-electron chi connectivity index (χ1n) is 9.47. The third-order valence-corrected chi connectivity index (χ3v) is 6.03. The molecule has 3 aliphatic rings. The Kier molecular flexibility index (Phi) is 5.32. The number of aliphatic hydroxyl groups is 2. The van der Waals surface area contributed by atoms with Gasteiger partial charge in [-0.1, -0.05) is 26.8 Å². The molecular formula is C20H30O6. The fraction of sp³-hybridized carbons (Fsp3) is 0.750. The number of esters is 1. The molecule has 2 bridgehead atoms. The van der Waals surface area contributed by atoms with Crippen molar-refractivity contribution in [3.05, 3.63) is 23.8 Å². The Bertz CT molecular complexity index is 613. The molecule has 0 saturated carbocycles. The zero-order valence-corrected chi connectivity index (χ0v) is 15.9. The van der Waals surface area contributed by atoms with E-state index in [4.69, 9.17) is 14.2 Å². The monoisotopic (exact) mass is 366 g/mol. The van der Waals surface area contributed by atoms with Gasteiger partial charge < -0.3 is 24.4 Å². The van der Waals surface area contributed by atoms with E-state index in [9.17, 15) is 15.0 Å². The van der Waals surface area contributed by atoms with Gasteiger partial charge in [0.1, 0.15) is 6.10 Å². The van der Waals surface area contributed by atoms with Crippen LogP contribution in [0.3, 0.4) is 0 Å². The van der Waals surface area contributed by atoms with Gasteiger partial charge in [-0.25, -0.2) is 4.79 Å². The number of hydrogen-bond acceptors (Lipinski definition) is 6. The molecule has 0 aromatic rings. The van der Waals surface area contributed by atoms with Crippen LogP contribution in [-0.2, 0) is 19.0 Å². The molecule has 26 heavy (non-hydrogen) atoms. The number of hydrogen-bond donors (Lipinski definition) is 2. The number of aliphatic hydroxyl groups excluding tert-OH is 1. The molecule has 0 aromatic heterocycles. The molecule has 3 heterocycles. The molecule has 6 atom stereocenters. The lowest BCUT2D eigenvalue weighted by molar-refractivity contribution is -0.205. The van der Waals surface area contributed by atoms with Gasteiger partial charge in [-0.3, -0.25) is 0 Å². The Balaban J connectivity index is 1.98. The SMILES string of the molecule is C=C1C(=O)OC2C=C(CO)C3(O)CCC(C)(CC(OCC(C)CC)C12)O3. The molecule has 6 unspecified atom stereocenters. The topological polar surface area (TPSA) is 85.2 Å². The van der Waals surface area contributed by atoms with Gasteiger partial charge in [0.2, 0.25) is 0 Å². The van der Waals surface area contributed by atoms with Crippen LogP contribution in [0, 0.1) is 11.8 Å². The van der Waals surface area contributed by atoms with Crippen molar-refractivity contribution in [2.24, 2.45) is 11.8 Å². The lowest BCUT2D eigenvalue weighted by Crippen LogP contribution is -2.40. The van der Waals surface area contributed by atoms with E-state index in [1.807, 2.05) is 6.92 Å². The molecular weight excluding hydrogens is 336 g/mol. The van der Waals surface area contributed by atoms with Gasteiger partial charge in [-0.05, 0) is 25.3 Å². The molecule has 0 amide bonds. The normalized spacial score (nSPS) is 41.0. The third kappa shape index (κ3) is 3.48. The van der Waals surface area contributed by atoms with Crippen LogP contribution in [0.25, 0.3) is 0 Å². The smallest absolute Gasteiger partial charge is 0.334 e. The Morgan fingerprint density at radius 3 is 2.85 bits per heavy atom. The Hall–Kier alpha value is -1.21. The van der Waals surface area contributed by atoms with Crippen LogP contribution in [-0.4, -0.2) is 53.0 Å². The summed E-state index contributed by atoms with van der Waals surface area (Å²) in [4.78, 5) is 12.2. The van der Waals surface area contributed by atoms with E-state index < -0.39 is 23.5 Å². The predicted molar refractivity (Wildman–Crippen MR) is 95.2 cm³/mol. The van der Waals surface area contributed by atoms with Crippen LogP contribution in [0.5, 0.6) is 0 Å². The molecule has 2 N–H and O–H groups in total. The lowest BCUT2D eigenvalue weighted by atomic mass is 9.81. The summed E-state index contributed by atoms with van der Waals surface area (Å²) in [6.07, 6.45) is 3.25. The second kappa shape index (κ2) is 7.08. The molecule has 0 aromatic carbocycles. The van der Waals surface area contributed by atoms with Crippen molar-refractivity contribution in [3.8, 4) is 0 Å². The molecule has 3 aliphatic heterocycles. The first kappa shape index (κ1) is 19.5. The second-order valence-corrected chi connectivity index (χ2v) is 8.20. The van der Waals surface area contributed by atoms with Gasteiger partial charge in [0.15, 0.2) is 5.79 Å². The van der Waals surface area contributed by atoms with Crippen LogP contribution in [0.2, 0.25) is 0 Å². The zero-order chi connectivity index (χ0) is 19.1. The minimum Gasteiger partial charge on any atom is -0.454 e. The number of rotatable bonds is 5. The van der Waals surface area contributed by atoms with Gasteiger partial charge in [0.05, 0.1) is 24.2 Å². The van der Waals surface area contributed by atoms with Gasteiger partial charge in [0, 0.05) is 30.6 Å². The minimum atomic E-state index is -1.53. The zero-order valence-electron chi connectivity index (χ0n) is 15.9. The van der Waals surface area contributed by atoms with Crippen molar-refractivity contribution in [3.63, 3.8) is 0 Å². The van der Waals surface area contributed by atoms with E-state index in [-0.39, 0.29) is 18.6 Å². The summed E-state index contributed by atoms with van der Waals surface area (Å²) in [6, 6.07) is 0. The van der Waals surface area contributed by atoms with E-state index in [1.54, 1.807) is 6.08 Å². The summed E-state index contributed by atoms with van der Waals surface area (Å²) in [5.41, 5.74) is 0.108. The molecule has 6 heteroatoms.